The summed E-state index contributed by atoms with van der Waals surface area (Å²) in [5.41, 5.74) is 1.69. The number of hydrogen-bond acceptors (Lipinski definition) is 6. The van der Waals surface area contributed by atoms with E-state index >= 15 is 0 Å². The minimum absolute atomic E-state index is 0.0644. The van der Waals surface area contributed by atoms with E-state index in [4.69, 9.17) is 42.1 Å². The predicted molar refractivity (Wildman–Crippen MR) is 154 cm³/mol. The third-order valence-corrected chi connectivity index (χ3v) is 7.09. The molecule has 0 saturated heterocycles. The van der Waals surface area contributed by atoms with Crippen LogP contribution in [0.15, 0.2) is 70.8 Å². The van der Waals surface area contributed by atoms with Crippen molar-refractivity contribution in [3.05, 3.63) is 81.9 Å². The van der Waals surface area contributed by atoms with Crippen LogP contribution in [0, 0.1) is 5.92 Å². The first kappa shape index (κ1) is 32.1. The van der Waals surface area contributed by atoms with Gasteiger partial charge in [-0.25, -0.2) is 4.79 Å². The van der Waals surface area contributed by atoms with Gasteiger partial charge in [0.05, 0.1) is 20.8 Å². The first-order chi connectivity index (χ1) is 19.7. The van der Waals surface area contributed by atoms with E-state index in [0.29, 0.717) is 40.2 Å². The molecular weight excluding hydrogens is 579 g/mol. The Morgan fingerprint density at radius 1 is 1.07 bits per heavy atom. The van der Waals surface area contributed by atoms with Gasteiger partial charge < -0.3 is 29.0 Å². The number of methoxy groups -OCH3 is 2. The molecule has 7 nitrogen and oxygen atoms in total. The molecule has 1 fully saturated rings. The molecule has 0 bridgehead atoms. The Hall–Kier alpha value is -3.43. The van der Waals surface area contributed by atoms with Gasteiger partial charge in [-0.3, -0.25) is 0 Å². The van der Waals surface area contributed by atoms with Crippen molar-refractivity contribution in [1.29, 1.82) is 0 Å². The van der Waals surface area contributed by atoms with Gasteiger partial charge in [0.2, 0.25) is 0 Å². The summed E-state index contributed by atoms with van der Waals surface area (Å²) in [6.45, 7) is 2.90. The van der Waals surface area contributed by atoms with Crippen LogP contribution >= 0.6 is 23.2 Å². The molecule has 1 aliphatic carbocycles. The molecule has 11 heteroatoms. The second-order valence-electron chi connectivity index (χ2n) is 9.15. The zero-order valence-electron chi connectivity index (χ0n) is 23.1. The molecule has 41 heavy (non-hydrogen) atoms. The zero-order valence-corrected chi connectivity index (χ0v) is 24.6. The SMILES string of the molecule is C=C/C(Cl)=C(C[C@H](OC(=O)NCc1ccc(OC)c(OC)c1)c1ccc(OC(F)F)c(OCC2CC2)c1)\C(Cl)=C/C. The molecule has 2 aromatic carbocycles. The summed E-state index contributed by atoms with van der Waals surface area (Å²) < 4.78 is 53.0. The number of carbonyl (C=O) groups is 1. The molecule has 0 aromatic heterocycles. The Labute approximate surface area is 248 Å². The maximum atomic E-state index is 13.1. The molecule has 222 valence electrons. The summed E-state index contributed by atoms with van der Waals surface area (Å²) in [5.74, 6) is 1.43. The van der Waals surface area contributed by atoms with Gasteiger partial charge in [-0.2, -0.15) is 8.78 Å². The second-order valence-corrected chi connectivity index (χ2v) is 9.96. The number of halogens is 4. The van der Waals surface area contributed by atoms with E-state index in [1.54, 1.807) is 31.2 Å². The van der Waals surface area contributed by atoms with Crippen LogP contribution in [0.3, 0.4) is 0 Å². The number of amides is 1. The fourth-order valence-electron chi connectivity index (χ4n) is 3.88. The average molecular weight is 612 g/mol. The normalized spacial score (nSPS) is 14.6. The number of rotatable bonds is 15. The highest BCUT2D eigenvalue weighted by atomic mass is 35.5. The Kier molecular flexibility index (Phi) is 12.2. The molecule has 1 aliphatic rings. The number of ether oxygens (including phenoxy) is 5. The van der Waals surface area contributed by atoms with E-state index < -0.39 is 18.8 Å². The topological polar surface area (TPSA) is 75.3 Å². The standard InChI is InChI=1S/C30H33Cl2F2NO6/c1-5-22(31)21(23(32)6-2)15-26(41-30(36)35-16-19-9-11-24(37-3)27(13-19)38-4)20-10-12-25(40-29(33)34)28(14-20)39-17-18-7-8-18/h5-6,9-14,18,26,29H,1,7-8,15-17H2,2-4H3,(H,35,36)/b22-21+,23-6+/t26-/m0/s1. The van der Waals surface area contributed by atoms with Gasteiger partial charge in [0.1, 0.15) is 6.10 Å². The third kappa shape index (κ3) is 9.57. The molecule has 1 N–H and O–H groups in total. The molecule has 0 heterocycles. The van der Waals surface area contributed by atoms with E-state index in [1.807, 2.05) is 0 Å². The number of alkyl carbamates (subject to hydrolysis) is 1. The Balaban J connectivity index is 1.89. The lowest BCUT2D eigenvalue weighted by atomic mass is 9.99. The largest absolute Gasteiger partial charge is 0.493 e. The van der Waals surface area contributed by atoms with Gasteiger partial charge in [0.25, 0.3) is 0 Å². The van der Waals surface area contributed by atoms with Crippen molar-refractivity contribution in [1.82, 2.24) is 5.32 Å². The van der Waals surface area contributed by atoms with Gasteiger partial charge in [0, 0.05) is 23.0 Å². The number of nitrogens with one attached hydrogen (secondary N) is 1. The quantitative estimate of drug-likeness (QED) is 0.204. The van der Waals surface area contributed by atoms with Gasteiger partial charge in [0.15, 0.2) is 23.0 Å². The highest BCUT2D eigenvalue weighted by Crippen LogP contribution is 2.39. The highest BCUT2D eigenvalue weighted by molar-refractivity contribution is 6.36. The summed E-state index contributed by atoms with van der Waals surface area (Å²) in [4.78, 5) is 13.0. The molecule has 2 aromatic rings. The van der Waals surface area contributed by atoms with Crippen LogP contribution in [0.5, 0.6) is 23.0 Å². The fourth-order valence-corrected chi connectivity index (χ4v) is 4.28. The van der Waals surface area contributed by atoms with Crippen LogP contribution in [-0.4, -0.2) is 33.5 Å². The van der Waals surface area contributed by atoms with Crippen LogP contribution in [0.25, 0.3) is 0 Å². The predicted octanol–water partition coefficient (Wildman–Crippen LogP) is 8.27. The van der Waals surface area contributed by atoms with Crippen molar-refractivity contribution in [2.24, 2.45) is 5.92 Å². The van der Waals surface area contributed by atoms with E-state index in [2.05, 4.69) is 16.6 Å². The number of benzene rings is 2. The Morgan fingerprint density at radius 3 is 2.39 bits per heavy atom. The summed E-state index contributed by atoms with van der Waals surface area (Å²) in [7, 11) is 3.05. The number of carbonyl (C=O) groups excluding carboxylic acids is 1. The summed E-state index contributed by atoms with van der Waals surface area (Å²) in [6.07, 6.45) is 3.50. The Bertz CT molecular complexity index is 1280. The van der Waals surface area contributed by atoms with Crippen LogP contribution in [0.1, 0.15) is 43.4 Å². The maximum Gasteiger partial charge on any atom is 0.408 e. The smallest absolute Gasteiger partial charge is 0.408 e. The van der Waals surface area contributed by atoms with E-state index in [0.717, 1.165) is 18.4 Å². The number of allylic oxidation sites excluding steroid dienone is 4. The molecule has 1 amide bonds. The van der Waals surface area contributed by atoms with Crippen molar-refractivity contribution in [3.8, 4) is 23.0 Å². The van der Waals surface area contributed by atoms with Crippen LogP contribution in [0.4, 0.5) is 13.6 Å². The molecule has 1 atom stereocenters. The molecule has 0 radical (unpaired) electrons. The third-order valence-electron chi connectivity index (χ3n) is 6.26. The van der Waals surface area contributed by atoms with Crippen molar-refractivity contribution in [2.75, 3.05) is 20.8 Å². The monoisotopic (exact) mass is 611 g/mol. The summed E-state index contributed by atoms with van der Waals surface area (Å²) in [5, 5.41) is 3.34. The zero-order chi connectivity index (χ0) is 29.9. The molecule has 1 saturated carbocycles. The average Bonchev–Trinajstić information content (AvgIpc) is 3.81. The molecule has 0 unspecified atom stereocenters. The summed E-state index contributed by atoms with van der Waals surface area (Å²) in [6, 6.07) is 9.65. The number of hydrogen-bond donors (Lipinski definition) is 1. The van der Waals surface area contributed by atoms with Crippen molar-refractivity contribution in [3.63, 3.8) is 0 Å². The van der Waals surface area contributed by atoms with Gasteiger partial charge >= 0.3 is 12.7 Å². The number of alkyl halides is 2. The van der Waals surface area contributed by atoms with E-state index in [9.17, 15) is 13.6 Å². The van der Waals surface area contributed by atoms with E-state index in [1.165, 1.54) is 38.5 Å². The van der Waals surface area contributed by atoms with Crippen LogP contribution < -0.4 is 24.3 Å². The van der Waals surface area contributed by atoms with Crippen molar-refractivity contribution in [2.45, 2.75) is 45.4 Å². The van der Waals surface area contributed by atoms with E-state index in [-0.39, 0.29) is 29.5 Å². The van der Waals surface area contributed by atoms with Gasteiger partial charge in [-0.15, -0.1) is 0 Å². The molecule has 0 spiro atoms. The molecule has 3 rings (SSSR count). The van der Waals surface area contributed by atoms with Crippen molar-refractivity contribution < 1.29 is 37.3 Å². The molecular formula is C30H33Cl2F2NO6. The van der Waals surface area contributed by atoms with Crippen LogP contribution in [0.2, 0.25) is 0 Å². The Morgan fingerprint density at radius 2 is 1.78 bits per heavy atom. The van der Waals surface area contributed by atoms with Gasteiger partial charge in [-0.1, -0.05) is 54.1 Å². The maximum absolute atomic E-state index is 13.1. The first-order valence-electron chi connectivity index (χ1n) is 12.9. The minimum atomic E-state index is -3.03. The fraction of sp³-hybridized carbons (Fsp3) is 0.367. The lowest BCUT2D eigenvalue weighted by Crippen LogP contribution is -2.26. The van der Waals surface area contributed by atoms with Crippen molar-refractivity contribution >= 4 is 29.3 Å². The lowest BCUT2D eigenvalue weighted by molar-refractivity contribution is -0.0515. The van der Waals surface area contributed by atoms with Gasteiger partial charge in [-0.05, 0) is 66.6 Å². The molecule has 0 aliphatic heterocycles. The second kappa shape index (κ2) is 15.5. The van der Waals surface area contributed by atoms with Crippen LogP contribution in [-0.2, 0) is 11.3 Å². The highest BCUT2D eigenvalue weighted by Gasteiger charge is 2.26. The minimum Gasteiger partial charge on any atom is -0.493 e. The first-order valence-corrected chi connectivity index (χ1v) is 13.6. The summed E-state index contributed by atoms with van der Waals surface area (Å²) >= 11 is 12.8. The lowest BCUT2D eigenvalue weighted by Gasteiger charge is -2.22.